The molecule has 4 heteroatoms. The number of benzene rings is 1. The maximum Gasteiger partial charge on any atom is 0.156 e. The fourth-order valence-electron chi connectivity index (χ4n) is 2.07. The maximum atomic E-state index is 6.14. The van der Waals surface area contributed by atoms with Gasteiger partial charge in [-0.2, -0.15) is 0 Å². The molecule has 2 nitrogen and oxygen atoms in total. The van der Waals surface area contributed by atoms with Crippen LogP contribution in [0.1, 0.15) is 12.5 Å². The van der Waals surface area contributed by atoms with E-state index >= 15 is 0 Å². The van der Waals surface area contributed by atoms with Gasteiger partial charge >= 0.3 is 0 Å². The van der Waals surface area contributed by atoms with Crippen LogP contribution in [-0.2, 0) is 6.42 Å². The van der Waals surface area contributed by atoms with Crippen LogP contribution in [0.4, 0.5) is 0 Å². The zero-order valence-corrected chi connectivity index (χ0v) is 11.9. The van der Waals surface area contributed by atoms with Crippen molar-refractivity contribution in [1.29, 1.82) is 0 Å². The van der Waals surface area contributed by atoms with Gasteiger partial charge in [-0.15, -0.1) is 0 Å². The van der Waals surface area contributed by atoms with Crippen molar-refractivity contribution in [1.82, 2.24) is 9.38 Å². The summed E-state index contributed by atoms with van der Waals surface area (Å²) >= 11 is 12.1. The Hall–Kier alpha value is -1.51. The van der Waals surface area contributed by atoms with E-state index in [2.05, 4.69) is 36.2 Å². The van der Waals surface area contributed by atoms with Crippen LogP contribution in [0.5, 0.6) is 0 Å². The topological polar surface area (TPSA) is 17.3 Å². The molecule has 0 aliphatic rings. The quantitative estimate of drug-likeness (QED) is 0.658. The highest BCUT2D eigenvalue weighted by Crippen LogP contribution is 2.26. The van der Waals surface area contributed by atoms with Gasteiger partial charge in [0.15, 0.2) is 5.65 Å². The molecule has 0 aliphatic carbocycles. The molecule has 0 unspecified atom stereocenters. The summed E-state index contributed by atoms with van der Waals surface area (Å²) in [5.41, 5.74) is 4.01. The van der Waals surface area contributed by atoms with Crippen LogP contribution in [0, 0.1) is 0 Å². The van der Waals surface area contributed by atoms with Crippen LogP contribution in [0.15, 0.2) is 42.7 Å². The van der Waals surface area contributed by atoms with Crippen molar-refractivity contribution in [3.05, 3.63) is 58.3 Å². The second kappa shape index (κ2) is 4.87. The zero-order chi connectivity index (χ0) is 13.4. The first kappa shape index (κ1) is 12.5. The van der Waals surface area contributed by atoms with E-state index < -0.39 is 0 Å². The van der Waals surface area contributed by atoms with Crippen LogP contribution < -0.4 is 0 Å². The number of halogens is 2. The Bertz CT molecular complexity index is 730. The maximum absolute atomic E-state index is 6.14. The molecule has 2 aromatic heterocycles. The van der Waals surface area contributed by atoms with Gasteiger partial charge in [-0.3, -0.25) is 0 Å². The molecule has 0 bridgehead atoms. The van der Waals surface area contributed by atoms with E-state index in [0.717, 1.165) is 23.3 Å². The third-order valence-corrected chi connectivity index (χ3v) is 3.62. The van der Waals surface area contributed by atoms with Crippen molar-refractivity contribution in [2.24, 2.45) is 0 Å². The number of hydrogen-bond acceptors (Lipinski definition) is 1. The first-order valence-corrected chi connectivity index (χ1v) is 6.86. The summed E-state index contributed by atoms with van der Waals surface area (Å²) in [4.78, 5) is 4.55. The number of nitrogens with zero attached hydrogens (tertiary/aromatic N) is 2. The highest BCUT2D eigenvalue weighted by molar-refractivity contribution is 6.36. The Morgan fingerprint density at radius 1 is 1.11 bits per heavy atom. The van der Waals surface area contributed by atoms with Gasteiger partial charge in [-0.05, 0) is 18.1 Å². The number of pyridine rings is 1. The smallest absolute Gasteiger partial charge is 0.156 e. The molecule has 19 heavy (non-hydrogen) atoms. The first-order chi connectivity index (χ1) is 9.17. The summed E-state index contributed by atoms with van der Waals surface area (Å²) in [5, 5.41) is 1.16. The lowest BCUT2D eigenvalue weighted by Crippen LogP contribution is -1.82. The van der Waals surface area contributed by atoms with Crippen molar-refractivity contribution < 1.29 is 0 Å². The van der Waals surface area contributed by atoms with Gasteiger partial charge in [0.1, 0.15) is 0 Å². The lowest BCUT2D eigenvalue weighted by Gasteiger charge is -1.98. The van der Waals surface area contributed by atoms with Crippen molar-refractivity contribution in [3.8, 4) is 11.3 Å². The lowest BCUT2D eigenvalue weighted by molar-refractivity contribution is 1.14. The Morgan fingerprint density at radius 3 is 2.53 bits per heavy atom. The van der Waals surface area contributed by atoms with Gasteiger partial charge in [0.2, 0.25) is 0 Å². The van der Waals surface area contributed by atoms with Crippen molar-refractivity contribution in [3.63, 3.8) is 0 Å². The van der Waals surface area contributed by atoms with Gasteiger partial charge in [-0.25, -0.2) is 4.98 Å². The van der Waals surface area contributed by atoms with Crippen LogP contribution in [0.3, 0.4) is 0 Å². The molecule has 0 saturated heterocycles. The standard InChI is InChI=1S/C15H12Cl2N2/c1-2-10-3-5-11(6-4-10)14-9-19-8-12(16)7-13(17)15(19)18-14/h3-9H,2H2,1H3. The Morgan fingerprint density at radius 2 is 1.84 bits per heavy atom. The molecule has 0 fully saturated rings. The second-order valence-electron chi connectivity index (χ2n) is 4.41. The fraction of sp³-hybridized carbons (Fsp3) is 0.133. The number of hydrogen-bond donors (Lipinski definition) is 0. The largest absolute Gasteiger partial charge is 0.304 e. The van der Waals surface area contributed by atoms with E-state index in [1.165, 1.54) is 5.56 Å². The molecular formula is C15H12Cl2N2. The second-order valence-corrected chi connectivity index (χ2v) is 5.26. The molecule has 3 rings (SSSR count). The minimum atomic E-state index is 0.559. The van der Waals surface area contributed by atoms with Crippen LogP contribution >= 0.6 is 23.2 Å². The minimum absolute atomic E-state index is 0.559. The molecule has 0 amide bonds. The molecule has 2 heterocycles. The summed E-state index contributed by atoms with van der Waals surface area (Å²) in [5.74, 6) is 0. The Balaban J connectivity index is 2.12. The Labute approximate surface area is 121 Å². The third kappa shape index (κ3) is 2.34. The molecule has 0 N–H and O–H groups in total. The molecule has 96 valence electrons. The van der Waals surface area contributed by atoms with Crippen molar-refractivity contribution in [2.45, 2.75) is 13.3 Å². The molecule has 0 aliphatic heterocycles. The number of aryl methyl sites for hydroxylation is 1. The van der Waals surface area contributed by atoms with E-state index in [9.17, 15) is 0 Å². The SMILES string of the molecule is CCc1ccc(-c2cn3cc(Cl)cc(Cl)c3n2)cc1. The van der Waals surface area contributed by atoms with Gasteiger partial charge in [0.05, 0.1) is 15.7 Å². The monoisotopic (exact) mass is 290 g/mol. The van der Waals surface area contributed by atoms with Crippen LogP contribution in [0.25, 0.3) is 16.9 Å². The van der Waals surface area contributed by atoms with Gasteiger partial charge < -0.3 is 4.40 Å². The predicted molar refractivity (Wildman–Crippen MR) is 80.0 cm³/mol. The molecule has 0 saturated carbocycles. The van der Waals surface area contributed by atoms with E-state index in [1.807, 2.05) is 10.6 Å². The van der Waals surface area contributed by atoms with E-state index in [-0.39, 0.29) is 0 Å². The average molecular weight is 291 g/mol. The van der Waals surface area contributed by atoms with E-state index in [4.69, 9.17) is 23.2 Å². The molecule has 3 aromatic rings. The van der Waals surface area contributed by atoms with Crippen molar-refractivity contribution >= 4 is 28.8 Å². The zero-order valence-electron chi connectivity index (χ0n) is 10.4. The molecule has 0 radical (unpaired) electrons. The number of aromatic nitrogens is 2. The summed E-state index contributed by atoms with van der Waals surface area (Å²) in [6.45, 7) is 2.14. The van der Waals surface area contributed by atoms with E-state index in [1.54, 1.807) is 12.3 Å². The Kier molecular flexibility index (Phi) is 3.21. The van der Waals surface area contributed by atoms with Crippen molar-refractivity contribution in [2.75, 3.05) is 0 Å². The summed E-state index contributed by atoms with van der Waals surface area (Å²) < 4.78 is 1.85. The van der Waals surface area contributed by atoms with Crippen LogP contribution in [-0.4, -0.2) is 9.38 Å². The predicted octanol–water partition coefficient (Wildman–Crippen LogP) is 4.87. The molecule has 0 atom stereocenters. The molecular weight excluding hydrogens is 279 g/mol. The minimum Gasteiger partial charge on any atom is -0.304 e. The first-order valence-electron chi connectivity index (χ1n) is 6.10. The number of imidazole rings is 1. The highest BCUT2D eigenvalue weighted by Gasteiger charge is 2.08. The average Bonchev–Trinajstić information content (AvgIpc) is 2.83. The van der Waals surface area contributed by atoms with E-state index in [0.29, 0.717) is 10.0 Å². The summed E-state index contributed by atoms with van der Waals surface area (Å²) in [6, 6.07) is 10.1. The summed E-state index contributed by atoms with van der Waals surface area (Å²) in [6.07, 6.45) is 4.78. The fourth-order valence-corrected chi connectivity index (χ4v) is 2.60. The number of fused-ring (bicyclic) bond motifs is 1. The molecule has 0 spiro atoms. The van der Waals surface area contributed by atoms with Gasteiger partial charge in [0.25, 0.3) is 0 Å². The highest BCUT2D eigenvalue weighted by atomic mass is 35.5. The normalized spacial score (nSPS) is 11.1. The molecule has 1 aromatic carbocycles. The third-order valence-electron chi connectivity index (χ3n) is 3.13. The van der Waals surface area contributed by atoms with Crippen LogP contribution in [0.2, 0.25) is 10.0 Å². The number of rotatable bonds is 2. The van der Waals surface area contributed by atoms with Gasteiger partial charge in [-0.1, -0.05) is 54.4 Å². The lowest BCUT2D eigenvalue weighted by atomic mass is 10.1. The summed E-state index contributed by atoms with van der Waals surface area (Å²) in [7, 11) is 0. The van der Waals surface area contributed by atoms with Gasteiger partial charge in [0, 0.05) is 18.0 Å².